The van der Waals surface area contributed by atoms with Crippen LogP contribution in [-0.4, -0.2) is 40.9 Å². The highest BCUT2D eigenvalue weighted by Crippen LogP contribution is 2.30. The Morgan fingerprint density at radius 2 is 2.08 bits per heavy atom. The molecule has 0 spiro atoms. The maximum atomic E-state index is 12.5. The van der Waals surface area contributed by atoms with Crippen LogP contribution in [0.3, 0.4) is 0 Å². The van der Waals surface area contributed by atoms with Crippen LogP contribution in [-0.2, 0) is 9.59 Å². The largest absolute Gasteiger partial charge is 0.497 e. The van der Waals surface area contributed by atoms with Crippen LogP contribution < -0.4 is 15.0 Å². The molecule has 1 N–H and O–H groups in total. The minimum Gasteiger partial charge on any atom is -0.497 e. The van der Waals surface area contributed by atoms with Gasteiger partial charge in [0.2, 0.25) is 16.9 Å². The summed E-state index contributed by atoms with van der Waals surface area (Å²) in [4.78, 5) is 26.4. The zero-order valence-corrected chi connectivity index (χ0v) is 16.4. The van der Waals surface area contributed by atoms with Gasteiger partial charge in [-0.2, -0.15) is 0 Å². The number of amides is 2. The first kappa shape index (κ1) is 18.7. The van der Waals surface area contributed by atoms with Gasteiger partial charge >= 0.3 is 0 Å². The molecule has 3 rings (SSSR count). The number of hydrogen-bond acceptors (Lipinski definition) is 7. The molecule has 138 valence electrons. The molecule has 0 unspecified atom stereocenters. The first-order chi connectivity index (χ1) is 12.5. The molecule has 1 aromatic carbocycles. The van der Waals surface area contributed by atoms with E-state index >= 15 is 0 Å². The molecule has 0 bridgehead atoms. The molecule has 1 atom stereocenters. The fourth-order valence-corrected chi connectivity index (χ4v) is 4.59. The van der Waals surface area contributed by atoms with E-state index in [0.29, 0.717) is 16.9 Å². The van der Waals surface area contributed by atoms with Crippen LogP contribution in [0.4, 0.5) is 10.8 Å². The van der Waals surface area contributed by atoms with E-state index in [0.717, 1.165) is 15.8 Å². The van der Waals surface area contributed by atoms with Crippen LogP contribution >= 0.6 is 23.1 Å². The number of nitrogens with one attached hydrogen (secondary N) is 1. The van der Waals surface area contributed by atoms with Gasteiger partial charge in [-0.25, -0.2) is 0 Å². The van der Waals surface area contributed by atoms with Crippen molar-refractivity contribution in [1.29, 1.82) is 0 Å². The van der Waals surface area contributed by atoms with E-state index in [1.165, 1.54) is 11.3 Å². The highest BCUT2D eigenvalue weighted by Gasteiger charge is 2.35. The quantitative estimate of drug-likeness (QED) is 0.601. The van der Waals surface area contributed by atoms with E-state index in [1.54, 1.807) is 35.9 Å². The van der Waals surface area contributed by atoms with Gasteiger partial charge in [0, 0.05) is 23.9 Å². The Kier molecular flexibility index (Phi) is 5.77. The van der Waals surface area contributed by atoms with Crippen molar-refractivity contribution in [1.82, 2.24) is 10.2 Å². The fraction of sp³-hybridized carbons (Fsp3) is 0.412. The zero-order valence-electron chi connectivity index (χ0n) is 14.8. The van der Waals surface area contributed by atoms with Crippen LogP contribution in [0.5, 0.6) is 5.75 Å². The summed E-state index contributed by atoms with van der Waals surface area (Å²) in [6.07, 6.45) is 0.185. The highest BCUT2D eigenvalue weighted by molar-refractivity contribution is 8.01. The summed E-state index contributed by atoms with van der Waals surface area (Å²) in [6.45, 7) is 4.49. The Balaban J connectivity index is 1.62. The van der Waals surface area contributed by atoms with Gasteiger partial charge in [0.1, 0.15) is 5.75 Å². The highest BCUT2D eigenvalue weighted by atomic mass is 32.2. The summed E-state index contributed by atoms with van der Waals surface area (Å²) >= 11 is 2.95. The first-order valence-electron chi connectivity index (χ1n) is 8.21. The number of thioether (sulfide) groups is 1. The minimum atomic E-state index is -0.408. The van der Waals surface area contributed by atoms with Crippen molar-refractivity contribution in [2.45, 2.75) is 29.9 Å². The SMILES string of the molecule is COc1ccc(N2C[C@H](C(=O)Nc3nnc(SC(C)C)s3)CC2=O)cc1. The Morgan fingerprint density at radius 3 is 2.73 bits per heavy atom. The lowest BCUT2D eigenvalue weighted by atomic mass is 10.1. The molecule has 2 amide bonds. The molecule has 1 aromatic heterocycles. The Morgan fingerprint density at radius 1 is 1.35 bits per heavy atom. The van der Waals surface area contributed by atoms with E-state index in [-0.39, 0.29) is 18.2 Å². The normalized spacial score (nSPS) is 17.0. The van der Waals surface area contributed by atoms with Crippen molar-refractivity contribution in [2.75, 3.05) is 23.9 Å². The molecule has 2 aromatic rings. The summed E-state index contributed by atoms with van der Waals surface area (Å²) < 4.78 is 5.95. The first-order valence-corrected chi connectivity index (χ1v) is 9.91. The molecule has 0 radical (unpaired) electrons. The summed E-state index contributed by atoms with van der Waals surface area (Å²) in [5.41, 5.74) is 0.762. The van der Waals surface area contributed by atoms with Crippen LogP contribution in [0.1, 0.15) is 20.3 Å². The van der Waals surface area contributed by atoms with Gasteiger partial charge in [0.25, 0.3) is 0 Å². The maximum Gasteiger partial charge on any atom is 0.231 e. The summed E-state index contributed by atoms with van der Waals surface area (Å²) in [5, 5.41) is 11.7. The van der Waals surface area contributed by atoms with Crippen molar-refractivity contribution in [3.05, 3.63) is 24.3 Å². The van der Waals surface area contributed by atoms with Gasteiger partial charge in [-0.1, -0.05) is 36.9 Å². The second kappa shape index (κ2) is 8.05. The summed E-state index contributed by atoms with van der Waals surface area (Å²) in [5.74, 6) is 0.0472. The number of carbonyl (C=O) groups is 2. The molecule has 0 aliphatic carbocycles. The number of rotatable bonds is 6. The van der Waals surface area contributed by atoms with Crippen molar-refractivity contribution in [2.24, 2.45) is 5.92 Å². The van der Waals surface area contributed by atoms with Gasteiger partial charge in [0.05, 0.1) is 13.0 Å². The molecule has 9 heteroatoms. The van der Waals surface area contributed by atoms with E-state index in [2.05, 4.69) is 29.4 Å². The molecular formula is C17H20N4O3S2. The molecule has 2 heterocycles. The Bertz CT molecular complexity index is 792. The smallest absolute Gasteiger partial charge is 0.231 e. The molecule has 1 fully saturated rings. The number of hydrogen-bond donors (Lipinski definition) is 1. The molecule has 1 aliphatic heterocycles. The molecule has 0 saturated carbocycles. The van der Waals surface area contributed by atoms with E-state index < -0.39 is 5.92 Å². The lowest BCUT2D eigenvalue weighted by Crippen LogP contribution is -2.28. The van der Waals surface area contributed by atoms with Crippen LogP contribution in [0.15, 0.2) is 28.6 Å². The Labute approximate surface area is 160 Å². The molecule has 7 nitrogen and oxygen atoms in total. The summed E-state index contributed by atoms with van der Waals surface area (Å²) in [7, 11) is 1.59. The number of benzene rings is 1. The molecule has 26 heavy (non-hydrogen) atoms. The van der Waals surface area contributed by atoms with Crippen molar-refractivity contribution >= 4 is 45.7 Å². The van der Waals surface area contributed by atoms with E-state index in [4.69, 9.17) is 4.74 Å². The molecule has 1 saturated heterocycles. The third-order valence-corrected chi connectivity index (χ3v) is 5.78. The predicted octanol–water partition coefficient (Wildman–Crippen LogP) is 3.04. The number of aromatic nitrogens is 2. The average Bonchev–Trinajstić information content (AvgIpc) is 3.21. The van der Waals surface area contributed by atoms with E-state index in [1.807, 2.05) is 12.1 Å². The average molecular weight is 393 g/mol. The number of anilines is 2. The third kappa shape index (κ3) is 4.34. The lowest BCUT2D eigenvalue weighted by molar-refractivity contribution is -0.122. The van der Waals surface area contributed by atoms with E-state index in [9.17, 15) is 9.59 Å². The van der Waals surface area contributed by atoms with Crippen molar-refractivity contribution in [3.8, 4) is 5.75 Å². The number of nitrogens with zero attached hydrogens (tertiary/aromatic N) is 3. The van der Waals surface area contributed by atoms with Gasteiger partial charge in [-0.15, -0.1) is 10.2 Å². The van der Waals surface area contributed by atoms with Crippen molar-refractivity contribution in [3.63, 3.8) is 0 Å². The number of ether oxygens (including phenoxy) is 1. The van der Waals surface area contributed by atoms with Gasteiger partial charge in [-0.05, 0) is 24.3 Å². The topological polar surface area (TPSA) is 84.4 Å². The van der Waals surface area contributed by atoms with Crippen LogP contribution in [0, 0.1) is 5.92 Å². The zero-order chi connectivity index (χ0) is 18.7. The standard InChI is InChI=1S/C17H20N4O3S2/c1-10(2)25-17-20-19-16(26-17)18-15(23)11-8-14(22)21(9-11)12-4-6-13(24-3)7-5-12/h4-7,10-11H,8-9H2,1-3H3,(H,18,19,23)/t11-/m1/s1. The van der Waals surface area contributed by atoms with Gasteiger partial charge < -0.3 is 15.0 Å². The van der Waals surface area contributed by atoms with Crippen molar-refractivity contribution < 1.29 is 14.3 Å². The van der Waals surface area contributed by atoms with Gasteiger partial charge in [-0.3, -0.25) is 9.59 Å². The number of carbonyl (C=O) groups excluding carboxylic acids is 2. The van der Waals surface area contributed by atoms with Crippen LogP contribution in [0.2, 0.25) is 0 Å². The Hall–Kier alpha value is -2.13. The molecule has 1 aliphatic rings. The minimum absolute atomic E-state index is 0.0661. The predicted molar refractivity (Wildman–Crippen MR) is 103 cm³/mol. The second-order valence-corrected chi connectivity index (χ2v) is 8.93. The third-order valence-electron chi connectivity index (χ3n) is 3.85. The summed E-state index contributed by atoms with van der Waals surface area (Å²) in [6, 6.07) is 7.23. The number of methoxy groups -OCH3 is 1. The lowest BCUT2D eigenvalue weighted by Gasteiger charge is -2.16. The monoisotopic (exact) mass is 392 g/mol. The maximum absolute atomic E-state index is 12.5. The van der Waals surface area contributed by atoms with Gasteiger partial charge in [0.15, 0.2) is 4.34 Å². The molecular weight excluding hydrogens is 372 g/mol. The second-order valence-electron chi connectivity index (χ2n) is 6.13. The fourth-order valence-electron chi connectivity index (χ4n) is 2.61. The van der Waals surface area contributed by atoms with Crippen LogP contribution in [0.25, 0.3) is 0 Å².